The van der Waals surface area contributed by atoms with Crippen molar-refractivity contribution in [1.29, 1.82) is 0 Å². The molecule has 0 heterocycles. The second kappa shape index (κ2) is 12.4. The van der Waals surface area contributed by atoms with E-state index in [1.807, 2.05) is 18.2 Å². The van der Waals surface area contributed by atoms with Crippen molar-refractivity contribution in [2.24, 2.45) is 0 Å². The molecule has 0 aromatic heterocycles. The second-order valence-electron chi connectivity index (χ2n) is 1.34. The van der Waals surface area contributed by atoms with Crippen molar-refractivity contribution < 1.29 is 18.8 Å². The summed E-state index contributed by atoms with van der Waals surface area (Å²) in [6, 6.07) is 10.3. The summed E-state index contributed by atoms with van der Waals surface area (Å²) in [7, 11) is 0. The summed E-state index contributed by atoms with van der Waals surface area (Å²) in [5.41, 5.74) is 0. The maximum absolute atomic E-state index is 2.11. The van der Waals surface area contributed by atoms with Crippen molar-refractivity contribution in [2.45, 2.75) is 0 Å². The minimum absolute atomic E-state index is 0. The van der Waals surface area contributed by atoms with E-state index in [0.29, 0.717) is 0 Å². The maximum atomic E-state index is 2.11. The summed E-state index contributed by atoms with van der Waals surface area (Å²) < 4.78 is 1.37. The monoisotopic (exact) mass is 278 g/mol. The van der Waals surface area contributed by atoms with Crippen LogP contribution in [0.1, 0.15) is 0 Å². The van der Waals surface area contributed by atoms with Crippen LogP contribution in [0.5, 0.6) is 0 Å². The van der Waals surface area contributed by atoms with E-state index in [0.717, 1.165) is 0 Å². The van der Waals surface area contributed by atoms with E-state index < -0.39 is 0 Å². The van der Waals surface area contributed by atoms with Crippen LogP contribution in [0.25, 0.3) is 0 Å². The normalized spacial score (nSPS) is 5.55. The van der Waals surface area contributed by atoms with Gasteiger partial charge in [0.2, 0.25) is 0 Å². The van der Waals surface area contributed by atoms with Gasteiger partial charge in [0.1, 0.15) is 0 Å². The molecule has 0 saturated heterocycles. The Balaban J connectivity index is -0.0000000612. The van der Waals surface area contributed by atoms with Gasteiger partial charge in [0.05, 0.1) is 0 Å². The zero-order valence-electron chi connectivity index (χ0n) is 5.47. The number of rotatable bonds is 0. The molecule has 66 valence electrons. The van der Waals surface area contributed by atoms with Crippen molar-refractivity contribution in [3.63, 3.8) is 0 Å². The van der Waals surface area contributed by atoms with Crippen LogP contribution in [0.2, 0.25) is 0 Å². The predicted octanol–water partition coefficient (Wildman–Crippen LogP) is 1.09. The fraction of sp³-hybridized carbons (Fsp3) is 0. The van der Waals surface area contributed by atoms with Crippen LogP contribution in [0, 0.1) is 0 Å². The van der Waals surface area contributed by atoms with E-state index in [9.17, 15) is 0 Å². The first-order valence-electron chi connectivity index (χ1n) is 2.13. The second-order valence-corrected chi connectivity index (χ2v) is 2.81. The fourth-order valence-electron chi connectivity index (χ4n) is 0.428. The van der Waals surface area contributed by atoms with E-state index in [-0.39, 0.29) is 18.8 Å². The zero-order chi connectivity index (χ0) is 5.11. The van der Waals surface area contributed by atoms with Gasteiger partial charge in [-0.15, -0.1) is 0 Å². The predicted molar refractivity (Wildman–Crippen MR) is 41.8 cm³/mol. The SMILES string of the molecule is F.F.F.F.[Sb][c]1ccccc1. The van der Waals surface area contributed by atoms with Gasteiger partial charge in [-0.25, -0.2) is 0 Å². The third kappa shape index (κ3) is 9.76. The molecule has 0 aliphatic carbocycles. The van der Waals surface area contributed by atoms with E-state index in [2.05, 4.69) is 12.1 Å². The molecule has 0 fully saturated rings. The van der Waals surface area contributed by atoms with Crippen molar-refractivity contribution >= 4 is 26.5 Å². The van der Waals surface area contributed by atoms with E-state index in [1.54, 1.807) is 23.0 Å². The van der Waals surface area contributed by atoms with Crippen LogP contribution >= 0.6 is 0 Å². The van der Waals surface area contributed by atoms with Gasteiger partial charge in [-0.2, -0.15) is 0 Å². The first-order chi connectivity index (χ1) is 3.39. The Morgan fingerprint density at radius 3 is 1.27 bits per heavy atom. The molecule has 0 unspecified atom stereocenters. The van der Waals surface area contributed by atoms with Crippen molar-refractivity contribution in [1.82, 2.24) is 0 Å². The first kappa shape index (κ1) is 22.4. The van der Waals surface area contributed by atoms with Crippen LogP contribution in [0.15, 0.2) is 30.3 Å². The van der Waals surface area contributed by atoms with E-state index in [4.69, 9.17) is 0 Å². The van der Waals surface area contributed by atoms with E-state index >= 15 is 0 Å². The molecular weight excluding hydrogens is 270 g/mol. The molecule has 0 amide bonds. The van der Waals surface area contributed by atoms with Gasteiger partial charge in [0.25, 0.3) is 0 Å². The van der Waals surface area contributed by atoms with Crippen LogP contribution in [-0.4, -0.2) is 23.0 Å². The summed E-state index contributed by atoms with van der Waals surface area (Å²) in [6.45, 7) is 0. The number of halogens is 4. The Labute approximate surface area is 76.0 Å². The van der Waals surface area contributed by atoms with Crippen LogP contribution in [0.3, 0.4) is 0 Å². The summed E-state index contributed by atoms with van der Waals surface area (Å²) in [4.78, 5) is 0. The van der Waals surface area contributed by atoms with E-state index in [1.165, 1.54) is 3.51 Å². The molecule has 0 spiro atoms. The molecule has 0 atom stereocenters. The van der Waals surface area contributed by atoms with Gasteiger partial charge < -0.3 is 0 Å². The average Bonchev–Trinajstić information content (AvgIpc) is 1.69. The minimum atomic E-state index is 0. The summed E-state index contributed by atoms with van der Waals surface area (Å²) in [6.07, 6.45) is 0. The quantitative estimate of drug-likeness (QED) is 0.492. The Bertz CT molecular complexity index is 145. The summed E-state index contributed by atoms with van der Waals surface area (Å²) in [5, 5.41) is 0. The van der Waals surface area contributed by atoms with Crippen molar-refractivity contribution in [3.8, 4) is 0 Å². The molecule has 0 bridgehead atoms. The molecule has 0 aliphatic heterocycles. The summed E-state index contributed by atoms with van der Waals surface area (Å²) >= 11 is 1.76. The third-order valence-electron chi connectivity index (χ3n) is 0.756. The van der Waals surface area contributed by atoms with Gasteiger partial charge >= 0.3 is 56.9 Å². The third-order valence-corrected chi connectivity index (χ3v) is 1.61. The molecule has 1 aromatic carbocycles. The average molecular weight is 279 g/mol. The molecular formula is C6H9F4Sb. The van der Waals surface area contributed by atoms with Crippen molar-refractivity contribution in [3.05, 3.63) is 30.3 Å². The molecule has 11 heavy (non-hydrogen) atoms. The van der Waals surface area contributed by atoms with Gasteiger partial charge in [0, 0.05) is 0 Å². The van der Waals surface area contributed by atoms with Crippen LogP contribution in [0.4, 0.5) is 18.8 Å². The standard InChI is InChI=1S/C6H5.4FH.Sb/c1-2-4-6-5-3-1;;;;;/h1-5H;4*1H;. The molecule has 0 nitrogen and oxygen atoms in total. The molecule has 0 saturated carbocycles. The van der Waals surface area contributed by atoms with Crippen LogP contribution < -0.4 is 3.51 Å². The number of hydrogen-bond donors (Lipinski definition) is 0. The molecule has 0 aliphatic rings. The molecule has 1 rings (SSSR count). The topological polar surface area (TPSA) is 0 Å². The molecule has 5 heteroatoms. The van der Waals surface area contributed by atoms with Crippen LogP contribution in [-0.2, 0) is 0 Å². The Hall–Kier alpha value is -0.242. The first-order valence-corrected chi connectivity index (χ1v) is 3.41. The molecule has 2 radical (unpaired) electrons. The van der Waals surface area contributed by atoms with Crippen molar-refractivity contribution in [2.75, 3.05) is 0 Å². The molecule has 1 aromatic rings. The fourth-order valence-corrected chi connectivity index (χ4v) is 0.919. The van der Waals surface area contributed by atoms with Gasteiger partial charge in [-0.1, -0.05) is 0 Å². The van der Waals surface area contributed by atoms with Gasteiger partial charge in [-0.05, 0) is 0 Å². The molecule has 0 N–H and O–H groups in total. The van der Waals surface area contributed by atoms with Gasteiger partial charge in [0.15, 0.2) is 0 Å². The Morgan fingerprint density at radius 2 is 1.09 bits per heavy atom. The number of benzene rings is 1. The Kier molecular flexibility index (Phi) is 25.4. The Morgan fingerprint density at radius 1 is 0.727 bits per heavy atom. The summed E-state index contributed by atoms with van der Waals surface area (Å²) in [5.74, 6) is 0. The number of hydrogen-bond acceptors (Lipinski definition) is 0. The van der Waals surface area contributed by atoms with Gasteiger partial charge in [-0.3, -0.25) is 18.8 Å². The zero-order valence-corrected chi connectivity index (χ0v) is 8.02.